The second-order valence-electron chi connectivity index (χ2n) is 5.58. The van der Waals surface area contributed by atoms with E-state index >= 15 is 0 Å². The fraction of sp³-hybridized carbons (Fsp3) is 0.158. The van der Waals surface area contributed by atoms with Gasteiger partial charge in [-0.2, -0.15) is 0 Å². The molecular formula is C19H18ClN3O2S2. The van der Waals surface area contributed by atoms with Gasteiger partial charge < -0.3 is 14.6 Å². The van der Waals surface area contributed by atoms with Crippen LogP contribution in [-0.4, -0.2) is 28.3 Å². The van der Waals surface area contributed by atoms with Crippen LogP contribution < -0.4 is 10.1 Å². The summed E-state index contributed by atoms with van der Waals surface area (Å²) in [5.74, 6) is 0.947. The molecule has 0 bridgehead atoms. The SMILES string of the molecule is COc1cccc(SCC(=O)Nc2cc(Cl)ccc2Sc2nccn2C)c1. The number of carbonyl (C=O) groups is 1. The van der Waals surface area contributed by atoms with E-state index in [1.54, 1.807) is 25.4 Å². The maximum atomic E-state index is 12.4. The summed E-state index contributed by atoms with van der Waals surface area (Å²) in [5.41, 5.74) is 0.673. The Morgan fingerprint density at radius 1 is 1.30 bits per heavy atom. The number of nitrogens with zero attached hydrogens (tertiary/aromatic N) is 2. The van der Waals surface area contributed by atoms with Gasteiger partial charge in [0.05, 0.1) is 18.6 Å². The number of halogens is 1. The van der Waals surface area contributed by atoms with E-state index < -0.39 is 0 Å². The van der Waals surface area contributed by atoms with Crippen molar-refractivity contribution in [3.8, 4) is 5.75 Å². The Hall–Kier alpha value is -2.09. The first-order valence-corrected chi connectivity index (χ1v) is 10.2. The summed E-state index contributed by atoms with van der Waals surface area (Å²) in [4.78, 5) is 18.6. The minimum atomic E-state index is -0.105. The lowest BCUT2D eigenvalue weighted by atomic mass is 10.3. The highest BCUT2D eigenvalue weighted by Gasteiger charge is 2.12. The van der Waals surface area contributed by atoms with Gasteiger partial charge in [-0.05, 0) is 48.2 Å². The van der Waals surface area contributed by atoms with Crippen LogP contribution in [0, 0.1) is 0 Å². The van der Waals surface area contributed by atoms with Gasteiger partial charge in [0.25, 0.3) is 0 Å². The van der Waals surface area contributed by atoms with Gasteiger partial charge in [-0.25, -0.2) is 4.98 Å². The third-order valence-corrected chi connectivity index (χ3v) is 5.99. The van der Waals surface area contributed by atoms with Gasteiger partial charge >= 0.3 is 0 Å². The summed E-state index contributed by atoms with van der Waals surface area (Å²) in [6.45, 7) is 0. The molecule has 1 heterocycles. The van der Waals surface area contributed by atoms with Crippen LogP contribution in [0.25, 0.3) is 0 Å². The summed E-state index contributed by atoms with van der Waals surface area (Å²) in [5, 5.41) is 4.35. The lowest BCUT2D eigenvalue weighted by molar-refractivity contribution is -0.113. The Balaban J connectivity index is 1.67. The van der Waals surface area contributed by atoms with Crippen molar-refractivity contribution in [2.24, 2.45) is 7.05 Å². The molecule has 5 nitrogen and oxygen atoms in total. The van der Waals surface area contributed by atoms with Crippen molar-refractivity contribution >= 4 is 46.7 Å². The minimum absolute atomic E-state index is 0.105. The first-order chi connectivity index (χ1) is 13.0. The quantitative estimate of drug-likeness (QED) is 0.548. The summed E-state index contributed by atoms with van der Waals surface area (Å²) < 4.78 is 7.13. The number of hydrogen-bond donors (Lipinski definition) is 1. The number of aryl methyl sites for hydroxylation is 1. The van der Waals surface area contributed by atoms with Gasteiger partial charge in [0, 0.05) is 34.3 Å². The highest BCUT2D eigenvalue weighted by Crippen LogP contribution is 2.34. The van der Waals surface area contributed by atoms with Gasteiger partial charge in [-0.3, -0.25) is 4.79 Å². The number of methoxy groups -OCH3 is 1. The number of anilines is 1. The lowest BCUT2D eigenvalue weighted by Gasteiger charge is -2.11. The Morgan fingerprint density at radius 3 is 2.89 bits per heavy atom. The van der Waals surface area contributed by atoms with Crippen molar-refractivity contribution < 1.29 is 9.53 Å². The molecule has 0 radical (unpaired) electrons. The Morgan fingerprint density at radius 2 is 2.15 bits per heavy atom. The zero-order chi connectivity index (χ0) is 19.2. The zero-order valence-electron chi connectivity index (χ0n) is 14.8. The van der Waals surface area contributed by atoms with Gasteiger partial charge in [0.2, 0.25) is 5.91 Å². The molecule has 0 aliphatic carbocycles. The largest absolute Gasteiger partial charge is 0.497 e. The van der Waals surface area contributed by atoms with Crippen LogP contribution >= 0.6 is 35.1 Å². The molecule has 3 aromatic rings. The summed E-state index contributed by atoms with van der Waals surface area (Å²) in [6.07, 6.45) is 3.61. The van der Waals surface area contributed by atoms with E-state index in [4.69, 9.17) is 16.3 Å². The van der Waals surface area contributed by atoms with Crippen LogP contribution in [0.1, 0.15) is 0 Å². The number of thioether (sulfide) groups is 1. The molecule has 0 saturated carbocycles. The molecule has 0 spiro atoms. The number of ether oxygens (including phenoxy) is 1. The summed E-state index contributed by atoms with van der Waals surface area (Å²) in [6, 6.07) is 13.1. The van der Waals surface area contributed by atoms with E-state index in [-0.39, 0.29) is 11.7 Å². The Bertz CT molecular complexity index is 946. The first kappa shape index (κ1) is 19.7. The number of amides is 1. The molecule has 0 saturated heterocycles. The molecule has 2 aromatic carbocycles. The molecule has 0 atom stereocenters. The minimum Gasteiger partial charge on any atom is -0.497 e. The van der Waals surface area contributed by atoms with Gasteiger partial charge in [0.15, 0.2) is 5.16 Å². The van der Waals surface area contributed by atoms with E-state index in [0.29, 0.717) is 10.7 Å². The number of benzene rings is 2. The van der Waals surface area contributed by atoms with Gasteiger partial charge in [-0.1, -0.05) is 17.7 Å². The molecule has 0 fully saturated rings. The van der Waals surface area contributed by atoms with Crippen molar-refractivity contribution in [2.45, 2.75) is 14.9 Å². The lowest BCUT2D eigenvalue weighted by Crippen LogP contribution is -2.14. The van der Waals surface area contributed by atoms with Crippen LogP contribution in [0.5, 0.6) is 5.75 Å². The molecule has 1 N–H and O–H groups in total. The predicted molar refractivity (Wildman–Crippen MR) is 111 cm³/mol. The summed E-state index contributed by atoms with van der Waals surface area (Å²) >= 11 is 9.04. The van der Waals surface area contributed by atoms with E-state index in [0.717, 1.165) is 20.7 Å². The van der Waals surface area contributed by atoms with Crippen LogP contribution in [-0.2, 0) is 11.8 Å². The molecule has 8 heteroatoms. The number of rotatable bonds is 7. The topological polar surface area (TPSA) is 56.1 Å². The third kappa shape index (κ3) is 5.45. The molecule has 3 rings (SSSR count). The summed E-state index contributed by atoms with van der Waals surface area (Å²) in [7, 11) is 3.55. The molecular weight excluding hydrogens is 402 g/mol. The number of imidazole rings is 1. The molecule has 1 amide bonds. The molecule has 140 valence electrons. The highest BCUT2D eigenvalue weighted by molar-refractivity contribution is 8.00. The number of carbonyl (C=O) groups excluding carboxylic acids is 1. The molecule has 27 heavy (non-hydrogen) atoms. The fourth-order valence-electron chi connectivity index (χ4n) is 2.26. The van der Waals surface area contributed by atoms with Crippen LogP contribution in [0.2, 0.25) is 5.02 Å². The number of nitrogens with one attached hydrogen (secondary N) is 1. The van der Waals surface area contributed by atoms with Crippen molar-refractivity contribution in [3.05, 3.63) is 59.9 Å². The second kappa shape index (κ2) is 9.21. The maximum Gasteiger partial charge on any atom is 0.234 e. The molecule has 0 aliphatic rings. The molecule has 0 unspecified atom stereocenters. The zero-order valence-corrected chi connectivity index (χ0v) is 17.2. The highest BCUT2D eigenvalue weighted by atomic mass is 35.5. The van der Waals surface area contributed by atoms with Crippen molar-refractivity contribution in [2.75, 3.05) is 18.2 Å². The van der Waals surface area contributed by atoms with Crippen LogP contribution in [0.3, 0.4) is 0 Å². The number of aromatic nitrogens is 2. The molecule has 0 aliphatic heterocycles. The second-order valence-corrected chi connectivity index (χ2v) is 8.07. The monoisotopic (exact) mass is 419 g/mol. The first-order valence-electron chi connectivity index (χ1n) is 8.06. The van der Waals surface area contributed by atoms with Crippen molar-refractivity contribution in [3.63, 3.8) is 0 Å². The van der Waals surface area contributed by atoms with E-state index in [9.17, 15) is 4.79 Å². The van der Waals surface area contributed by atoms with E-state index in [1.165, 1.54) is 23.5 Å². The van der Waals surface area contributed by atoms with E-state index in [1.807, 2.05) is 48.1 Å². The smallest absolute Gasteiger partial charge is 0.234 e. The number of hydrogen-bond acceptors (Lipinski definition) is 5. The van der Waals surface area contributed by atoms with Crippen LogP contribution in [0.4, 0.5) is 5.69 Å². The van der Waals surface area contributed by atoms with Gasteiger partial charge in [0.1, 0.15) is 5.75 Å². The maximum absolute atomic E-state index is 12.4. The van der Waals surface area contributed by atoms with Crippen molar-refractivity contribution in [1.29, 1.82) is 0 Å². The normalized spacial score (nSPS) is 10.6. The third-order valence-electron chi connectivity index (χ3n) is 3.61. The van der Waals surface area contributed by atoms with Crippen LogP contribution in [0.15, 0.2) is 69.8 Å². The average Bonchev–Trinajstić information content (AvgIpc) is 3.07. The predicted octanol–water partition coefficient (Wildman–Crippen LogP) is 4.96. The average molecular weight is 420 g/mol. The van der Waals surface area contributed by atoms with Gasteiger partial charge in [-0.15, -0.1) is 11.8 Å². The Kier molecular flexibility index (Phi) is 6.71. The molecule has 1 aromatic heterocycles. The Labute approximate surface area is 171 Å². The standard InChI is InChI=1S/C19H18ClN3O2S2/c1-23-9-8-21-19(23)27-17-7-6-13(20)10-16(17)22-18(24)12-26-15-5-3-4-14(11-15)25-2/h3-11H,12H2,1-2H3,(H,22,24). The van der Waals surface area contributed by atoms with E-state index in [2.05, 4.69) is 10.3 Å². The fourth-order valence-corrected chi connectivity index (χ4v) is 4.05. The van der Waals surface area contributed by atoms with Crippen molar-refractivity contribution in [1.82, 2.24) is 9.55 Å².